The Kier molecular flexibility index (Phi) is 10.5. The normalized spacial score (nSPS) is 27.7. The molecule has 0 N–H and O–H groups in total. The van der Waals surface area contributed by atoms with Crippen molar-refractivity contribution in [2.75, 3.05) is 0 Å². The topological polar surface area (TPSA) is 0 Å². The monoisotopic (exact) mass is 294 g/mol. The van der Waals surface area contributed by atoms with E-state index in [9.17, 15) is 0 Å². The van der Waals surface area contributed by atoms with E-state index in [0.29, 0.717) is 0 Å². The van der Waals surface area contributed by atoms with Crippen LogP contribution < -0.4 is 0 Å². The molecule has 0 bridgehead atoms. The third-order valence-corrected chi connectivity index (χ3v) is 6.08. The molecule has 0 heterocycles. The first-order chi connectivity index (χ1) is 10.2. The zero-order chi connectivity index (χ0) is 15.5. The van der Waals surface area contributed by atoms with Crippen molar-refractivity contribution >= 4 is 0 Å². The van der Waals surface area contributed by atoms with Gasteiger partial charge in [0.1, 0.15) is 0 Å². The molecule has 0 aromatic carbocycles. The lowest BCUT2D eigenvalue weighted by molar-refractivity contribution is 0.127. The fraction of sp³-hybridized carbons (Fsp3) is 1.00. The van der Waals surface area contributed by atoms with Gasteiger partial charge >= 0.3 is 0 Å². The average molecular weight is 295 g/mol. The van der Waals surface area contributed by atoms with Crippen molar-refractivity contribution in [1.29, 1.82) is 0 Å². The largest absolute Gasteiger partial charge is 0.0654 e. The molecular weight excluding hydrogens is 252 g/mol. The number of rotatable bonds is 11. The zero-order valence-corrected chi connectivity index (χ0v) is 15.5. The molecule has 0 aromatic heterocycles. The highest BCUT2D eigenvalue weighted by molar-refractivity contribution is 4.81. The van der Waals surface area contributed by atoms with E-state index < -0.39 is 0 Å². The highest BCUT2D eigenvalue weighted by atomic mass is 14.4. The molecule has 0 saturated heterocycles. The van der Waals surface area contributed by atoms with Gasteiger partial charge in [-0.15, -0.1) is 0 Å². The minimum Gasteiger partial charge on any atom is -0.0654 e. The molecule has 0 aromatic rings. The second-order valence-corrected chi connectivity index (χ2v) is 7.99. The lowest BCUT2D eigenvalue weighted by Crippen LogP contribution is -2.28. The van der Waals surface area contributed by atoms with Gasteiger partial charge in [-0.3, -0.25) is 0 Å². The van der Waals surface area contributed by atoms with Crippen LogP contribution in [0.1, 0.15) is 111 Å². The first kappa shape index (κ1) is 19.0. The number of hydrogen-bond acceptors (Lipinski definition) is 0. The van der Waals surface area contributed by atoms with Crippen LogP contribution in [0.4, 0.5) is 0 Å². The van der Waals surface area contributed by atoms with Crippen LogP contribution in [0.15, 0.2) is 0 Å². The molecule has 1 aliphatic carbocycles. The summed E-state index contributed by atoms with van der Waals surface area (Å²) in [6.07, 6.45) is 19.1. The highest BCUT2D eigenvalue weighted by Crippen LogP contribution is 2.40. The van der Waals surface area contributed by atoms with Crippen LogP contribution in [0.2, 0.25) is 0 Å². The summed E-state index contributed by atoms with van der Waals surface area (Å²) in [5.74, 6) is 4.02. The fourth-order valence-electron chi connectivity index (χ4n) is 4.49. The maximum absolute atomic E-state index is 2.52. The van der Waals surface area contributed by atoms with E-state index in [1.165, 1.54) is 83.5 Å². The first-order valence-corrected chi connectivity index (χ1v) is 10.2. The number of hydrogen-bond donors (Lipinski definition) is 0. The third kappa shape index (κ3) is 7.71. The van der Waals surface area contributed by atoms with E-state index in [-0.39, 0.29) is 0 Å². The second-order valence-electron chi connectivity index (χ2n) is 7.99. The molecule has 1 fully saturated rings. The molecule has 0 amide bonds. The third-order valence-electron chi connectivity index (χ3n) is 6.08. The molecule has 1 rings (SSSR count). The summed E-state index contributed by atoms with van der Waals surface area (Å²) in [6.45, 7) is 9.73. The summed E-state index contributed by atoms with van der Waals surface area (Å²) in [4.78, 5) is 0. The minimum atomic E-state index is 0.985. The molecule has 0 nitrogen and oxygen atoms in total. The van der Waals surface area contributed by atoms with Crippen LogP contribution in [0.5, 0.6) is 0 Å². The first-order valence-electron chi connectivity index (χ1n) is 10.2. The molecule has 0 heteroatoms. The summed E-state index contributed by atoms with van der Waals surface area (Å²) >= 11 is 0. The van der Waals surface area contributed by atoms with E-state index in [1.54, 1.807) is 0 Å². The Hall–Kier alpha value is 0. The Morgan fingerprint density at radius 3 is 2.05 bits per heavy atom. The van der Waals surface area contributed by atoms with E-state index in [4.69, 9.17) is 0 Å². The van der Waals surface area contributed by atoms with Crippen molar-refractivity contribution in [3.05, 3.63) is 0 Å². The van der Waals surface area contributed by atoms with E-state index in [0.717, 1.165) is 23.7 Å². The van der Waals surface area contributed by atoms with Crippen molar-refractivity contribution in [2.45, 2.75) is 111 Å². The van der Waals surface area contributed by atoms with Gasteiger partial charge in [-0.25, -0.2) is 0 Å². The minimum absolute atomic E-state index is 0.985. The molecule has 0 aliphatic heterocycles. The zero-order valence-electron chi connectivity index (χ0n) is 15.5. The smallest absolute Gasteiger partial charge is 0.0358 e. The Morgan fingerprint density at radius 1 is 0.810 bits per heavy atom. The van der Waals surface area contributed by atoms with Gasteiger partial charge in [0, 0.05) is 0 Å². The van der Waals surface area contributed by atoms with Crippen molar-refractivity contribution in [3.8, 4) is 0 Å². The standard InChI is InChI=1S/C21H42/c1-5-7-8-9-10-11-12-13-14-20(6-2)21-17-18(3)15-16-19(21)4/h18-21H,5-17H2,1-4H3. The van der Waals surface area contributed by atoms with Crippen LogP contribution in [0.3, 0.4) is 0 Å². The van der Waals surface area contributed by atoms with Crippen molar-refractivity contribution in [3.63, 3.8) is 0 Å². The average Bonchev–Trinajstić information content (AvgIpc) is 2.49. The summed E-state index contributed by atoms with van der Waals surface area (Å²) < 4.78 is 0. The second kappa shape index (κ2) is 11.6. The molecule has 0 spiro atoms. The maximum Gasteiger partial charge on any atom is -0.0358 e. The van der Waals surface area contributed by atoms with Crippen LogP contribution in [0, 0.1) is 23.7 Å². The van der Waals surface area contributed by atoms with E-state index >= 15 is 0 Å². The SMILES string of the molecule is CCCCCCCCCCC(CC)C1CC(C)CCC1C. The molecule has 4 unspecified atom stereocenters. The van der Waals surface area contributed by atoms with Crippen LogP contribution in [-0.2, 0) is 0 Å². The van der Waals surface area contributed by atoms with Crippen molar-refractivity contribution in [2.24, 2.45) is 23.7 Å². The molecule has 21 heavy (non-hydrogen) atoms. The maximum atomic E-state index is 2.52. The molecule has 0 radical (unpaired) electrons. The lowest BCUT2D eigenvalue weighted by atomic mass is 9.68. The van der Waals surface area contributed by atoms with Gasteiger partial charge in [0.15, 0.2) is 0 Å². The molecule has 1 saturated carbocycles. The predicted octanol–water partition coefficient (Wildman–Crippen LogP) is 7.62. The van der Waals surface area contributed by atoms with Crippen LogP contribution in [-0.4, -0.2) is 0 Å². The van der Waals surface area contributed by atoms with E-state index in [1.807, 2.05) is 0 Å². The van der Waals surface area contributed by atoms with E-state index in [2.05, 4.69) is 27.7 Å². The molecular formula is C21H42. The van der Waals surface area contributed by atoms with Gasteiger partial charge in [-0.2, -0.15) is 0 Å². The van der Waals surface area contributed by atoms with Gasteiger partial charge in [-0.1, -0.05) is 105 Å². The summed E-state index contributed by atoms with van der Waals surface area (Å²) in [7, 11) is 0. The molecule has 1 aliphatic rings. The fourth-order valence-corrected chi connectivity index (χ4v) is 4.49. The quantitative estimate of drug-likeness (QED) is 0.344. The van der Waals surface area contributed by atoms with Gasteiger partial charge in [-0.05, 0) is 30.1 Å². The van der Waals surface area contributed by atoms with Crippen molar-refractivity contribution < 1.29 is 0 Å². The summed E-state index contributed by atoms with van der Waals surface area (Å²) in [5.41, 5.74) is 0. The lowest BCUT2D eigenvalue weighted by Gasteiger charge is -2.38. The van der Waals surface area contributed by atoms with Gasteiger partial charge < -0.3 is 0 Å². The molecule has 4 atom stereocenters. The van der Waals surface area contributed by atoms with Gasteiger partial charge in [0.25, 0.3) is 0 Å². The molecule has 126 valence electrons. The Balaban J connectivity index is 2.13. The van der Waals surface area contributed by atoms with Crippen molar-refractivity contribution in [1.82, 2.24) is 0 Å². The van der Waals surface area contributed by atoms with Gasteiger partial charge in [0.2, 0.25) is 0 Å². The van der Waals surface area contributed by atoms with Crippen LogP contribution >= 0.6 is 0 Å². The predicted molar refractivity (Wildman–Crippen MR) is 96.7 cm³/mol. The number of unbranched alkanes of at least 4 members (excludes halogenated alkanes) is 7. The summed E-state index contributed by atoms with van der Waals surface area (Å²) in [6, 6.07) is 0. The van der Waals surface area contributed by atoms with Crippen LogP contribution in [0.25, 0.3) is 0 Å². The summed E-state index contributed by atoms with van der Waals surface area (Å²) in [5, 5.41) is 0. The van der Waals surface area contributed by atoms with Gasteiger partial charge in [0.05, 0.1) is 0 Å². The Labute approximate surface area is 135 Å². The highest BCUT2D eigenvalue weighted by Gasteiger charge is 2.30. The Bertz CT molecular complexity index is 232. The Morgan fingerprint density at radius 2 is 1.43 bits per heavy atom.